The highest BCUT2D eigenvalue weighted by atomic mass is 35.5. The van der Waals surface area contributed by atoms with Gasteiger partial charge in [0.05, 0.1) is 0 Å². The monoisotopic (exact) mass is 396 g/mol. The first-order valence-electron chi connectivity index (χ1n) is 8.31. The molecule has 0 bridgehead atoms. The van der Waals surface area contributed by atoms with Gasteiger partial charge < -0.3 is 18.9 Å². The molecule has 0 aromatic rings. The van der Waals surface area contributed by atoms with Gasteiger partial charge >= 0.3 is 0 Å². The second kappa shape index (κ2) is 25.0. The van der Waals surface area contributed by atoms with Gasteiger partial charge in [-0.25, -0.2) is 0 Å². The highest BCUT2D eigenvalue weighted by Gasteiger charge is 1.96. The van der Waals surface area contributed by atoms with Gasteiger partial charge in [-0.1, -0.05) is 0 Å². The Morgan fingerprint density at radius 2 is 0.391 bits per heavy atom. The lowest BCUT2D eigenvalue weighted by molar-refractivity contribution is 0.198. The third-order valence-corrected chi connectivity index (χ3v) is 3.31. The van der Waals surface area contributed by atoms with Crippen molar-refractivity contribution in [3.05, 3.63) is 0 Å². The molecule has 4 nitrogen and oxygen atoms in total. The molecule has 4 aliphatic rings. The van der Waals surface area contributed by atoms with Crippen LogP contribution >= 0.6 is 37.2 Å². The zero-order valence-electron chi connectivity index (χ0n) is 14.2. The van der Waals surface area contributed by atoms with E-state index in [-0.39, 0.29) is 37.2 Å². The molecule has 0 unspecified atom stereocenters. The molecule has 0 N–H and O–H groups in total. The van der Waals surface area contributed by atoms with Gasteiger partial charge in [-0.15, -0.1) is 37.2 Å². The Bertz CT molecular complexity index is 114. The third kappa shape index (κ3) is 22.7. The van der Waals surface area contributed by atoms with E-state index in [9.17, 15) is 0 Å². The molecular weight excluding hydrogens is 363 g/mol. The van der Waals surface area contributed by atoms with Gasteiger partial charge in [0.25, 0.3) is 0 Å². The van der Waals surface area contributed by atoms with E-state index in [2.05, 4.69) is 0 Å². The Labute approximate surface area is 160 Å². The van der Waals surface area contributed by atoms with Gasteiger partial charge in [-0.05, 0) is 51.4 Å². The van der Waals surface area contributed by atoms with Crippen LogP contribution in [0.25, 0.3) is 0 Å². The number of rotatable bonds is 0. The Morgan fingerprint density at radius 1 is 0.261 bits per heavy atom. The van der Waals surface area contributed by atoms with Crippen molar-refractivity contribution in [1.82, 2.24) is 0 Å². The zero-order chi connectivity index (χ0) is 14.1. The summed E-state index contributed by atoms with van der Waals surface area (Å²) in [5.74, 6) is 0. The molecule has 4 saturated heterocycles. The summed E-state index contributed by atoms with van der Waals surface area (Å²) in [5.41, 5.74) is 0. The Balaban J connectivity index is -0.000000222. The van der Waals surface area contributed by atoms with Crippen LogP contribution in [0.2, 0.25) is 0 Å². The van der Waals surface area contributed by atoms with E-state index >= 15 is 0 Å². The van der Waals surface area contributed by atoms with Crippen LogP contribution in [0.1, 0.15) is 51.4 Å². The summed E-state index contributed by atoms with van der Waals surface area (Å²) in [6.07, 6.45) is 10.2. The molecule has 0 saturated carbocycles. The first kappa shape index (κ1) is 28.5. The molecule has 4 fully saturated rings. The van der Waals surface area contributed by atoms with Gasteiger partial charge in [0.2, 0.25) is 0 Å². The maximum atomic E-state index is 4.94. The molecule has 7 heteroatoms. The minimum absolute atomic E-state index is 0. The lowest BCUT2D eigenvalue weighted by Crippen LogP contribution is -1.74. The topological polar surface area (TPSA) is 36.9 Å². The minimum Gasteiger partial charge on any atom is -0.381 e. The van der Waals surface area contributed by atoms with Crippen molar-refractivity contribution in [2.24, 2.45) is 0 Å². The van der Waals surface area contributed by atoms with Crippen LogP contribution in [0, 0.1) is 0 Å². The van der Waals surface area contributed by atoms with Crippen molar-refractivity contribution < 1.29 is 18.9 Å². The number of hydrogen-bond donors (Lipinski definition) is 0. The van der Waals surface area contributed by atoms with Crippen LogP contribution in [-0.4, -0.2) is 52.9 Å². The van der Waals surface area contributed by atoms with Crippen molar-refractivity contribution >= 4 is 37.2 Å². The molecule has 23 heavy (non-hydrogen) atoms. The molecule has 4 aliphatic heterocycles. The van der Waals surface area contributed by atoms with Crippen molar-refractivity contribution in [2.75, 3.05) is 52.9 Å². The predicted octanol–water partition coefficient (Wildman–Crippen LogP) is 4.45. The van der Waals surface area contributed by atoms with Crippen molar-refractivity contribution in [3.63, 3.8) is 0 Å². The quantitative estimate of drug-likeness (QED) is 0.605. The molecule has 0 aliphatic carbocycles. The van der Waals surface area contributed by atoms with Crippen LogP contribution in [0.4, 0.5) is 0 Å². The number of hydrogen-bond acceptors (Lipinski definition) is 4. The summed E-state index contributed by atoms with van der Waals surface area (Å²) in [7, 11) is 0. The Kier molecular flexibility index (Phi) is 30.9. The van der Waals surface area contributed by atoms with Crippen molar-refractivity contribution in [3.8, 4) is 0 Å². The normalized spacial score (nSPS) is 20.9. The molecule has 0 radical (unpaired) electrons. The maximum Gasteiger partial charge on any atom is 0.0466 e. The molecule has 0 aromatic carbocycles. The average molecular weight is 398 g/mol. The summed E-state index contributed by atoms with van der Waals surface area (Å²) >= 11 is 0. The van der Waals surface area contributed by atoms with E-state index in [4.69, 9.17) is 18.9 Å². The minimum atomic E-state index is 0. The average Bonchev–Trinajstić information content (AvgIpc) is 3.40. The molecule has 144 valence electrons. The van der Waals surface area contributed by atoms with Gasteiger partial charge in [0.15, 0.2) is 0 Å². The molecule has 0 spiro atoms. The molecule has 4 rings (SSSR count). The van der Waals surface area contributed by atoms with Gasteiger partial charge in [-0.3, -0.25) is 0 Å². The first-order chi connectivity index (χ1) is 10.0. The van der Waals surface area contributed by atoms with Crippen LogP contribution in [0.15, 0.2) is 0 Å². The summed E-state index contributed by atoms with van der Waals surface area (Å²) < 4.78 is 19.8. The van der Waals surface area contributed by atoms with Crippen molar-refractivity contribution in [1.29, 1.82) is 0 Å². The van der Waals surface area contributed by atoms with Gasteiger partial charge in [-0.2, -0.15) is 0 Å². The van der Waals surface area contributed by atoms with Crippen LogP contribution < -0.4 is 0 Å². The summed E-state index contributed by atoms with van der Waals surface area (Å²) in [5, 5.41) is 0. The fourth-order valence-electron chi connectivity index (χ4n) is 2.04. The Morgan fingerprint density at radius 3 is 0.435 bits per heavy atom. The lowest BCUT2D eigenvalue weighted by Gasteiger charge is -1.76. The van der Waals surface area contributed by atoms with E-state index in [1.807, 2.05) is 0 Å². The van der Waals surface area contributed by atoms with Gasteiger partial charge in [0.1, 0.15) is 0 Å². The second-order valence-electron chi connectivity index (χ2n) is 5.28. The second-order valence-corrected chi connectivity index (χ2v) is 5.28. The largest absolute Gasteiger partial charge is 0.381 e. The molecule has 0 aromatic heterocycles. The number of halogens is 3. The molecule has 0 amide bonds. The van der Waals surface area contributed by atoms with E-state index in [0.29, 0.717) is 0 Å². The lowest BCUT2D eigenvalue weighted by atomic mass is 10.4. The van der Waals surface area contributed by atoms with Crippen LogP contribution in [0.5, 0.6) is 0 Å². The molecule has 4 heterocycles. The number of ether oxygens (including phenoxy) is 4. The standard InChI is InChI=1S/4C4H8O.3ClH/c4*1-2-4-5-3-1;;;/h4*1-4H2;3*1H. The Hall–Kier alpha value is 0.710. The first-order valence-corrected chi connectivity index (χ1v) is 8.31. The highest BCUT2D eigenvalue weighted by Crippen LogP contribution is 1.99. The van der Waals surface area contributed by atoms with E-state index in [1.165, 1.54) is 51.4 Å². The van der Waals surface area contributed by atoms with E-state index in [1.54, 1.807) is 0 Å². The molecule has 0 atom stereocenters. The van der Waals surface area contributed by atoms with E-state index < -0.39 is 0 Å². The SMILES string of the molecule is C1CCOC1.C1CCOC1.C1CCOC1.C1CCOC1.Cl.Cl.Cl. The zero-order valence-corrected chi connectivity index (χ0v) is 16.6. The highest BCUT2D eigenvalue weighted by molar-refractivity contribution is 5.86. The predicted molar refractivity (Wildman–Crippen MR) is 102 cm³/mol. The fraction of sp³-hybridized carbons (Fsp3) is 1.00. The summed E-state index contributed by atoms with van der Waals surface area (Å²) in [4.78, 5) is 0. The molecular formula is C16H35Cl3O4. The smallest absolute Gasteiger partial charge is 0.0466 e. The van der Waals surface area contributed by atoms with Crippen LogP contribution in [0.3, 0.4) is 0 Å². The van der Waals surface area contributed by atoms with E-state index in [0.717, 1.165) is 52.9 Å². The fourth-order valence-corrected chi connectivity index (χ4v) is 2.04. The summed E-state index contributed by atoms with van der Waals surface area (Å²) in [6.45, 7) is 8.00. The summed E-state index contributed by atoms with van der Waals surface area (Å²) in [6, 6.07) is 0. The van der Waals surface area contributed by atoms with Crippen molar-refractivity contribution in [2.45, 2.75) is 51.4 Å². The van der Waals surface area contributed by atoms with Crippen LogP contribution in [-0.2, 0) is 18.9 Å². The third-order valence-electron chi connectivity index (χ3n) is 3.31. The van der Waals surface area contributed by atoms with Gasteiger partial charge in [0, 0.05) is 52.9 Å². The maximum absolute atomic E-state index is 4.94.